The molecule has 0 aromatic heterocycles. The summed E-state index contributed by atoms with van der Waals surface area (Å²) in [6, 6.07) is 7.13. The average Bonchev–Trinajstić information content (AvgIpc) is 2.86. The summed E-state index contributed by atoms with van der Waals surface area (Å²) in [6.45, 7) is 6.53. The zero-order chi connectivity index (χ0) is 26.4. The SMILES string of the molecule is CC(C)c1ccc(S(=O)(=O)N2CCC(C(=O)OCC(=O)N[C@H](C)C34CC5CC(CC(C5)C3)C4)CC2)cc1. The lowest BCUT2D eigenvalue weighted by Crippen LogP contribution is -2.56. The van der Waals surface area contributed by atoms with Crippen molar-refractivity contribution in [3.8, 4) is 0 Å². The van der Waals surface area contributed by atoms with E-state index in [0.29, 0.717) is 18.8 Å². The number of ether oxygens (including phenoxy) is 1. The van der Waals surface area contributed by atoms with Crippen molar-refractivity contribution >= 4 is 21.9 Å². The van der Waals surface area contributed by atoms with E-state index in [4.69, 9.17) is 4.74 Å². The van der Waals surface area contributed by atoms with Crippen molar-refractivity contribution in [2.45, 2.75) is 89.0 Å². The van der Waals surface area contributed by atoms with Crippen molar-refractivity contribution < 1.29 is 22.7 Å². The number of rotatable bonds is 8. The van der Waals surface area contributed by atoms with Gasteiger partial charge >= 0.3 is 5.97 Å². The van der Waals surface area contributed by atoms with E-state index < -0.39 is 16.0 Å². The monoisotopic (exact) mass is 530 g/mol. The highest BCUT2D eigenvalue weighted by atomic mass is 32.2. The maximum Gasteiger partial charge on any atom is 0.309 e. The third-order valence-electron chi connectivity index (χ3n) is 9.70. The number of esters is 1. The number of nitrogens with zero attached hydrogens (tertiary/aromatic N) is 1. The van der Waals surface area contributed by atoms with E-state index >= 15 is 0 Å². The van der Waals surface area contributed by atoms with Crippen LogP contribution in [0.1, 0.15) is 83.6 Å². The minimum absolute atomic E-state index is 0.0927. The highest BCUT2D eigenvalue weighted by molar-refractivity contribution is 7.89. The molecule has 4 saturated carbocycles. The smallest absolute Gasteiger partial charge is 0.309 e. The van der Waals surface area contributed by atoms with E-state index in [0.717, 1.165) is 23.3 Å². The standard InChI is InChI=1S/C29H42N2O5S/c1-19(2)24-4-6-26(7-5-24)37(34,35)31-10-8-25(9-11-31)28(33)36-18-27(32)30-20(3)29-15-21-12-22(16-29)14-23(13-21)17-29/h4-7,19-23,25H,8-18H2,1-3H3,(H,30,32)/t20-,21?,22?,23?,29?/m1/s1. The molecule has 5 aliphatic rings. The van der Waals surface area contributed by atoms with Crippen LogP contribution < -0.4 is 5.32 Å². The number of carbonyl (C=O) groups excluding carboxylic acids is 2. The van der Waals surface area contributed by atoms with Gasteiger partial charge in [0, 0.05) is 19.1 Å². The van der Waals surface area contributed by atoms with Gasteiger partial charge in [0.1, 0.15) is 0 Å². The van der Waals surface area contributed by atoms with Gasteiger partial charge in [0.25, 0.3) is 5.91 Å². The molecule has 204 valence electrons. The Balaban J connectivity index is 1.08. The second-order valence-corrected chi connectivity index (χ2v) is 14.5. The molecule has 1 aromatic carbocycles. The predicted octanol–water partition coefficient (Wildman–Crippen LogP) is 4.48. The van der Waals surface area contributed by atoms with Crippen molar-refractivity contribution in [3.63, 3.8) is 0 Å². The Hall–Kier alpha value is -1.93. The van der Waals surface area contributed by atoms with Crippen molar-refractivity contribution in [1.82, 2.24) is 9.62 Å². The molecule has 1 aliphatic heterocycles. The Kier molecular flexibility index (Phi) is 7.44. The van der Waals surface area contributed by atoms with Crippen LogP contribution in [0.3, 0.4) is 0 Å². The van der Waals surface area contributed by atoms with Crippen molar-refractivity contribution in [2.75, 3.05) is 19.7 Å². The number of carbonyl (C=O) groups is 2. The van der Waals surface area contributed by atoms with Gasteiger partial charge in [-0.15, -0.1) is 0 Å². The zero-order valence-electron chi connectivity index (χ0n) is 22.4. The van der Waals surface area contributed by atoms with Crippen LogP contribution in [0, 0.1) is 29.1 Å². The number of sulfonamides is 1. The van der Waals surface area contributed by atoms with Gasteiger partial charge in [0.15, 0.2) is 6.61 Å². The first-order chi connectivity index (χ1) is 17.6. The van der Waals surface area contributed by atoms with Crippen molar-refractivity contribution in [2.24, 2.45) is 29.1 Å². The summed E-state index contributed by atoms with van der Waals surface area (Å²) in [6.07, 6.45) is 8.52. The topological polar surface area (TPSA) is 92.8 Å². The first kappa shape index (κ1) is 26.7. The van der Waals surface area contributed by atoms with E-state index in [-0.39, 0.29) is 47.9 Å². The lowest BCUT2D eigenvalue weighted by molar-refractivity contribution is -0.154. The van der Waals surface area contributed by atoms with Crippen molar-refractivity contribution in [1.29, 1.82) is 0 Å². The maximum absolute atomic E-state index is 13.0. The lowest BCUT2D eigenvalue weighted by atomic mass is 9.48. The number of hydrogen-bond donors (Lipinski definition) is 1. The summed E-state index contributed by atoms with van der Waals surface area (Å²) in [5.41, 5.74) is 1.30. The van der Waals surface area contributed by atoms with Gasteiger partial charge in [-0.2, -0.15) is 4.31 Å². The summed E-state index contributed by atoms with van der Waals surface area (Å²) >= 11 is 0. The molecule has 1 aromatic rings. The fourth-order valence-electron chi connectivity index (χ4n) is 7.90. The van der Waals surface area contributed by atoms with Gasteiger partial charge in [-0.05, 0) is 105 Å². The van der Waals surface area contributed by atoms with Crippen LogP contribution >= 0.6 is 0 Å². The molecule has 0 radical (unpaired) electrons. The Morgan fingerprint density at radius 3 is 2.03 bits per heavy atom. The summed E-state index contributed by atoms with van der Waals surface area (Å²) in [7, 11) is -3.60. The van der Waals surface area contributed by atoms with Gasteiger partial charge in [-0.1, -0.05) is 26.0 Å². The summed E-state index contributed by atoms with van der Waals surface area (Å²) < 4.78 is 32.9. The number of benzene rings is 1. The molecule has 1 atom stereocenters. The number of piperidine rings is 1. The minimum atomic E-state index is -3.60. The Labute approximate surface area is 221 Å². The van der Waals surface area contributed by atoms with E-state index in [1.54, 1.807) is 12.1 Å². The highest BCUT2D eigenvalue weighted by Crippen LogP contribution is 2.61. The zero-order valence-corrected chi connectivity index (χ0v) is 23.3. The average molecular weight is 531 g/mol. The fraction of sp³-hybridized carbons (Fsp3) is 0.724. The van der Waals surface area contributed by atoms with Crippen LogP contribution in [0.15, 0.2) is 29.2 Å². The van der Waals surface area contributed by atoms with Crippen LogP contribution in [0.2, 0.25) is 0 Å². The summed E-state index contributed by atoms with van der Waals surface area (Å²) in [5.74, 6) is 1.76. The van der Waals surface area contributed by atoms with Crippen molar-refractivity contribution in [3.05, 3.63) is 29.8 Å². The van der Waals surface area contributed by atoms with Crippen LogP contribution in [-0.2, 0) is 24.3 Å². The number of nitrogens with one attached hydrogen (secondary N) is 1. The van der Waals surface area contributed by atoms with Crippen LogP contribution in [-0.4, -0.2) is 50.3 Å². The van der Waals surface area contributed by atoms with E-state index in [1.807, 2.05) is 12.1 Å². The largest absolute Gasteiger partial charge is 0.455 e. The second kappa shape index (κ2) is 10.3. The lowest BCUT2D eigenvalue weighted by Gasteiger charge is -2.59. The molecule has 1 saturated heterocycles. The summed E-state index contributed by atoms with van der Waals surface area (Å²) in [5, 5.41) is 3.15. The van der Waals surface area contributed by atoms with Crippen LogP contribution in [0.4, 0.5) is 0 Å². The molecule has 1 amide bonds. The molecule has 6 rings (SSSR count). The third kappa shape index (κ3) is 5.47. The molecule has 4 aliphatic carbocycles. The maximum atomic E-state index is 13.0. The fourth-order valence-corrected chi connectivity index (χ4v) is 9.37. The quantitative estimate of drug-likeness (QED) is 0.501. The normalized spacial score (nSPS) is 30.9. The highest BCUT2D eigenvalue weighted by Gasteiger charge is 2.53. The first-order valence-electron chi connectivity index (χ1n) is 14.1. The summed E-state index contributed by atoms with van der Waals surface area (Å²) in [4.78, 5) is 25.6. The Morgan fingerprint density at radius 2 is 1.51 bits per heavy atom. The van der Waals surface area contributed by atoms with E-state index in [9.17, 15) is 18.0 Å². The van der Waals surface area contributed by atoms with Gasteiger partial charge in [0.05, 0.1) is 10.8 Å². The second-order valence-electron chi connectivity index (χ2n) is 12.6. The Bertz CT molecular complexity index is 1070. The predicted molar refractivity (Wildman–Crippen MR) is 141 cm³/mol. The molecule has 0 unspecified atom stereocenters. The van der Waals surface area contributed by atoms with Crippen LogP contribution in [0.5, 0.6) is 0 Å². The minimum Gasteiger partial charge on any atom is -0.455 e. The molecular weight excluding hydrogens is 488 g/mol. The van der Waals surface area contributed by atoms with Gasteiger partial charge < -0.3 is 10.1 Å². The molecule has 1 N–H and O–H groups in total. The molecule has 37 heavy (non-hydrogen) atoms. The molecule has 1 heterocycles. The molecule has 0 spiro atoms. The van der Waals surface area contributed by atoms with Gasteiger partial charge in [-0.25, -0.2) is 8.42 Å². The molecule has 8 heteroatoms. The third-order valence-corrected chi connectivity index (χ3v) is 11.6. The van der Waals surface area contributed by atoms with Gasteiger partial charge in [-0.3, -0.25) is 9.59 Å². The van der Waals surface area contributed by atoms with E-state index in [2.05, 4.69) is 26.1 Å². The molecule has 4 bridgehead atoms. The molecule has 5 fully saturated rings. The van der Waals surface area contributed by atoms with E-state index in [1.165, 1.54) is 42.8 Å². The number of hydrogen-bond acceptors (Lipinski definition) is 5. The Morgan fingerprint density at radius 1 is 0.973 bits per heavy atom. The first-order valence-corrected chi connectivity index (χ1v) is 15.6. The number of amides is 1. The molecule has 7 nitrogen and oxygen atoms in total. The van der Waals surface area contributed by atoms with Crippen LogP contribution in [0.25, 0.3) is 0 Å². The van der Waals surface area contributed by atoms with Gasteiger partial charge in [0.2, 0.25) is 10.0 Å². The molecular formula is C29H42N2O5S.